The van der Waals surface area contributed by atoms with E-state index in [1.165, 1.54) is 11.1 Å². The molecular formula is C17H18N2O2. The number of nitrogens with zero attached hydrogens (tertiary/aromatic N) is 1. The van der Waals surface area contributed by atoms with E-state index in [0.717, 1.165) is 18.5 Å². The van der Waals surface area contributed by atoms with Crippen LogP contribution < -0.4 is 5.32 Å². The number of nitro benzene ring substituents is 1. The van der Waals surface area contributed by atoms with E-state index in [1.54, 1.807) is 12.1 Å². The van der Waals surface area contributed by atoms with Gasteiger partial charge in [-0.2, -0.15) is 0 Å². The van der Waals surface area contributed by atoms with Gasteiger partial charge in [0.05, 0.1) is 4.92 Å². The van der Waals surface area contributed by atoms with Gasteiger partial charge in [-0.25, -0.2) is 0 Å². The Balaban J connectivity index is 1.66. The Morgan fingerprint density at radius 2 is 1.95 bits per heavy atom. The molecule has 3 rings (SSSR count). The van der Waals surface area contributed by atoms with Crippen LogP contribution in [0.5, 0.6) is 0 Å². The number of nitro groups is 1. The third kappa shape index (κ3) is 2.67. The van der Waals surface area contributed by atoms with Crippen molar-refractivity contribution in [3.05, 3.63) is 75.3 Å². The van der Waals surface area contributed by atoms with Crippen LogP contribution in [0.3, 0.4) is 0 Å². The molecule has 0 spiro atoms. The topological polar surface area (TPSA) is 55.2 Å². The first-order valence-electron chi connectivity index (χ1n) is 7.21. The smallest absolute Gasteiger partial charge is 0.274 e. The van der Waals surface area contributed by atoms with Crippen molar-refractivity contribution in [1.29, 1.82) is 0 Å². The van der Waals surface area contributed by atoms with Crippen LogP contribution in [0.25, 0.3) is 0 Å². The molecule has 0 fully saturated rings. The largest absolute Gasteiger partial charge is 0.309 e. The zero-order chi connectivity index (χ0) is 14.8. The first-order valence-corrected chi connectivity index (χ1v) is 7.21. The third-order valence-corrected chi connectivity index (χ3v) is 4.23. The number of hydrogen-bond acceptors (Lipinski definition) is 3. The predicted octanol–water partition coefficient (Wildman–Crippen LogP) is 3.59. The first-order chi connectivity index (χ1) is 10.2. The van der Waals surface area contributed by atoms with Gasteiger partial charge < -0.3 is 5.32 Å². The van der Waals surface area contributed by atoms with E-state index >= 15 is 0 Å². The average molecular weight is 282 g/mol. The molecule has 0 bridgehead atoms. The fourth-order valence-corrected chi connectivity index (χ4v) is 2.99. The molecule has 1 N–H and O–H groups in total. The number of benzene rings is 2. The summed E-state index contributed by atoms with van der Waals surface area (Å²) < 4.78 is 0. The molecule has 2 atom stereocenters. The molecule has 0 aromatic heterocycles. The van der Waals surface area contributed by atoms with Gasteiger partial charge >= 0.3 is 0 Å². The highest BCUT2D eigenvalue weighted by Gasteiger charge is 2.26. The SMILES string of the molecule is CC(NCC1Cc2ccccc21)c1ccccc1[N+](=O)[O-]. The second kappa shape index (κ2) is 5.66. The van der Waals surface area contributed by atoms with Crippen LogP contribution in [0.2, 0.25) is 0 Å². The normalized spacial score (nSPS) is 17.7. The first kappa shape index (κ1) is 13.8. The van der Waals surface area contributed by atoms with Gasteiger partial charge in [-0.3, -0.25) is 10.1 Å². The Labute approximate surface area is 124 Å². The van der Waals surface area contributed by atoms with Crippen molar-refractivity contribution in [3.63, 3.8) is 0 Å². The zero-order valence-corrected chi connectivity index (χ0v) is 12.0. The zero-order valence-electron chi connectivity index (χ0n) is 12.0. The summed E-state index contributed by atoms with van der Waals surface area (Å²) in [5.41, 5.74) is 3.75. The van der Waals surface area contributed by atoms with Gasteiger partial charge in [-0.1, -0.05) is 42.5 Å². The summed E-state index contributed by atoms with van der Waals surface area (Å²) in [7, 11) is 0. The fourth-order valence-electron chi connectivity index (χ4n) is 2.99. The molecule has 4 heteroatoms. The summed E-state index contributed by atoms with van der Waals surface area (Å²) in [6, 6.07) is 15.4. The van der Waals surface area contributed by atoms with Crippen LogP contribution in [0.1, 0.15) is 35.6 Å². The van der Waals surface area contributed by atoms with E-state index < -0.39 is 0 Å². The predicted molar refractivity (Wildman–Crippen MR) is 82.4 cm³/mol. The molecule has 0 radical (unpaired) electrons. The number of para-hydroxylation sites is 1. The molecule has 0 aliphatic heterocycles. The van der Waals surface area contributed by atoms with Crippen LogP contribution in [0, 0.1) is 10.1 Å². The van der Waals surface area contributed by atoms with E-state index in [2.05, 4.69) is 29.6 Å². The van der Waals surface area contributed by atoms with Crippen LogP contribution >= 0.6 is 0 Å². The van der Waals surface area contributed by atoms with Crippen molar-refractivity contribution in [3.8, 4) is 0 Å². The van der Waals surface area contributed by atoms with E-state index in [1.807, 2.05) is 19.1 Å². The Kier molecular flexibility index (Phi) is 3.71. The van der Waals surface area contributed by atoms with Gasteiger partial charge in [0.25, 0.3) is 5.69 Å². The lowest BCUT2D eigenvalue weighted by atomic mass is 9.77. The summed E-state index contributed by atoms with van der Waals surface area (Å²) in [6.07, 6.45) is 1.09. The average Bonchev–Trinajstić information content (AvgIpc) is 2.48. The molecule has 108 valence electrons. The molecule has 4 nitrogen and oxygen atoms in total. The Hall–Kier alpha value is -2.20. The molecule has 1 aliphatic carbocycles. The lowest BCUT2D eigenvalue weighted by Gasteiger charge is -2.31. The van der Waals surface area contributed by atoms with Crippen LogP contribution in [-0.2, 0) is 6.42 Å². The van der Waals surface area contributed by atoms with E-state index in [-0.39, 0.29) is 16.7 Å². The summed E-state index contributed by atoms with van der Waals surface area (Å²) in [5.74, 6) is 0.520. The van der Waals surface area contributed by atoms with Gasteiger partial charge in [0.1, 0.15) is 0 Å². The van der Waals surface area contributed by atoms with Gasteiger partial charge in [0.2, 0.25) is 0 Å². The Morgan fingerprint density at radius 1 is 1.24 bits per heavy atom. The van der Waals surface area contributed by atoms with Gasteiger partial charge in [0.15, 0.2) is 0 Å². The van der Waals surface area contributed by atoms with Crippen LogP contribution in [0.4, 0.5) is 5.69 Å². The van der Waals surface area contributed by atoms with Crippen molar-refractivity contribution in [2.45, 2.75) is 25.3 Å². The Bertz CT molecular complexity index is 669. The lowest BCUT2D eigenvalue weighted by molar-refractivity contribution is -0.385. The van der Waals surface area contributed by atoms with E-state index in [4.69, 9.17) is 0 Å². The molecule has 21 heavy (non-hydrogen) atoms. The van der Waals surface area contributed by atoms with Gasteiger partial charge in [0, 0.05) is 30.1 Å². The monoisotopic (exact) mass is 282 g/mol. The highest BCUT2D eigenvalue weighted by atomic mass is 16.6. The summed E-state index contributed by atoms with van der Waals surface area (Å²) >= 11 is 0. The molecule has 1 aliphatic rings. The quantitative estimate of drug-likeness (QED) is 0.673. The molecule has 0 saturated heterocycles. The van der Waals surface area contributed by atoms with Crippen LogP contribution in [0.15, 0.2) is 48.5 Å². The maximum absolute atomic E-state index is 11.1. The molecule has 0 amide bonds. The fraction of sp³-hybridized carbons (Fsp3) is 0.294. The standard InChI is InChI=1S/C17H18N2O2/c1-12(15-7-4-5-9-17(15)19(20)21)18-11-14-10-13-6-2-3-8-16(13)14/h2-9,12,14,18H,10-11H2,1H3. The second-order valence-corrected chi connectivity index (χ2v) is 5.55. The van der Waals surface area contributed by atoms with Crippen molar-refractivity contribution < 1.29 is 4.92 Å². The number of rotatable bonds is 5. The van der Waals surface area contributed by atoms with Crippen LogP contribution in [-0.4, -0.2) is 11.5 Å². The minimum atomic E-state index is -0.313. The third-order valence-electron chi connectivity index (χ3n) is 4.23. The highest BCUT2D eigenvalue weighted by molar-refractivity contribution is 5.42. The minimum Gasteiger partial charge on any atom is -0.309 e. The molecule has 2 unspecified atom stereocenters. The van der Waals surface area contributed by atoms with E-state index in [0.29, 0.717) is 5.92 Å². The number of fused-ring (bicyclic) bond motifs is 1. The van der Waals surface area contributed by atoms with Crippen molar-refractivity contribution in [2.75, 3.05) is 6.54 Å². The summed E-state index contributed by atoms with van der Waals surface area (Å²) in [6.45, 7) is 2.83. The van der Waals surface area contributed by atoms with Gasteiger partial charge in [-0.15, -0.1) is 0 Å². The van der Waals surface area contributed by atoms with Crippen molar-refractivity contribution in [1.82, 2.24) is 5.32 Å². The number of nitrogens with one attached hydrogen (secondary N) is 1. The molecule has 0 saturated carbocycles. The molecule has 2 aromatic rings. The highest BCUT2D eigenvalue weighted by Crippen LogP contribution is 2.34. The second-order valence-electron chi connectivity index (χ2n) is 5.55. The minimum absolute atomic E-state index is 0.0284. The summed E-state index contributed by atoms with van der Waals surface area (Å²) in [4.78, 5) is 10.8. The van der Waals surface area contributed by atoms with Crippen molar-refractivity contribution in [2.24, 2.45) is 0 Å². The molecule has 0 heterocycles. The maximum Gasteiger partial charge on any atom is 0.274 e. The van der Waals surface area contributed by atoms with Crippen molar-refractivity contribution >= 4 is 5.69 Å². The lowest BCUT2D eigenvalue weighted by Crippen LogP contribution is -2.31. The van der Waals surface area contributed by atoms with Gasteiger partial charge in [-0.05, 0) is 24.5 Å². The molecule has 2 aromatic carbocycles. The maximum atomic E-state index is 11.1. The molecular weight excluding hydrogens is 264 g/mol. The Morgan fingerprint density at radius 3 is 2.71 bits per heavy atom. The van der Waals surface area contributed by atoms with E-state index in [9.17, 15) is 10.1 Å². The summed E-state index contributed by atoms with van der Waals surface area (Å²) in [5, 5.41) is 14.5. The number of hydrogen-bond donors (Lipinski definition) is 1.